The summed E-state index contributed by atoms with van der Waals surface area (Å²) >= 11 is 0.975. The fourth-order valence-corrected chi connectivity index (χ4v) is 7.18. The summed E-state index contributed by atoms with van der Waals surface area (Å²) in [7, 11) is 3.55. The van der Waals surface area contributed by atoms with Crippen molar-refractivity contribution in [1.29, 1.82) is 0 Å². The number of thiazole rings is 1. The zero-order valence-corrected chi connectivity index (χ0v) is 23.1. The Hall–Kier alpha value is -3.42. The summed E-state index contributed by atoms with van der Waals surface area (Å²) in [5, 5.41) is 3.84. The van der Waals surface area contributed by atoms with Gasteiger partial charge in [0.05, 0.1) is 15.9 Å². The zero-order chi connectivity index (χ0) is 27.7. The van der Waals surface area contributed by atoms with Crippen molar-refractivity contribution in [3.8, 4) is 17.3 Å². The standard InChI is InChI=1S/C27H30F2N8O2S/c1-35-9-3-4-15(35)12-39-27-33-21-18(24(34-27)37-10-13-5-6-14(11-37)31-13)25(38)36(2)22(19(21)29)16-7-8-17(28)23-20(16)32-26(30)40-23/h7-8,13-15,31H,3-6,9-12H2,1-2H3,(H2,30,32)/t13?,14?,15-/m0/s1. The number of likely N-dealkylation sites (N-methyl/N-ethyl adjacent to an activating group) is 1. The summed E-state index contributed by atoms with van der Waals surface area (Å²) in [6.45, 7) is 2.65. The van der Waals surface area contributed by atoms with Gasteiger partial charge >= 0.3 is 6.01 Å². The van der Waals surface area contributed by atoms with E-state index in [0.717, 1.165) is 43.6 Å². The Balaban J connectivity index is 1.42. The fourth-order valence-electron chi connectivity index (χ4n) is 6.42. The number of anilines is 2. The molecule has 40 heavy (non-hydrogen) atoms. The summed E-state index contributed by atoms with van der Waals surface area (Å²) in [4.78, 5) is 31.7. The van der Waals surface area contributed by atoms with Crippen molar-refractivity contribution in [1.82, 2.24) is 29.7 Å². The fraction of sp³-hybridized carbons (Fsp3) is 0.481. The largest absolute Gasteiger partial charge is 0.462 e. The molecule has 3 aliphatic heterocycles. The number of nitrogens with one attached hydrogen (secondary N) is 1. The normalized spacial score (nSPS) is 23.1. The van der Waals surface area contributed by atoms with E-state index in [-0.39, 0.29) is 61.6 Å². The zero-order valence-electron chi connectivity index (χ0n) is 22.3. The molecule has 10 nitrogen and oxygen atoms in total. The maximum Gasteiger partial charge on any atom is 0.319 e. The molecular formula is C27H30F2N8O2S. The Morgan fingerprint density at radius 3 is 2.60 bits per heavy atom. The summed E-state index contributed by atoms with van der Waals surface area (Å²) in [6, 6.07) is 3.45. The number of fused-ring (bicyclic) bond motifs is 4. The molecular weight excluding hydrogens is 538 g/mol. The van der Waals surface area contributed by atoms with Gasteiger partial charge in [-0.3, -0.25) is 4.79 Å². The lowest BCUT2D eigenvalue weighted by Crippen LogP contribution is -2.51. The molecule has 0 spiro atoms. The number of pyridine rings is 1. The van der Waals surface area contributed by atoms with Crippen LogP contribution in [0.25, 0.3) is 32.4 Å². The lowest BCUT2D eigenvalue weighted by molar-refractivity contribution is 0.188. The Labute approximate surface area is 232 Å². The molecule has 3 aromatic heterocycles. The van der Waals surface area contributed by atoms with Crippen molar-refractivity contribution < 1.29 is 13.5 Å². The lowest BCUT2D eigenvalue weighted by Gasteiger charge is -2.34. The Kier molecular flexibility index (Phi) is 6.13. The molecule has 210 valence electrons. The molecule has 6 heterocycles. The highest BCUT2D eigenvalue weighted by Crippen LogP contribution is 2.38. The minimum Gasteiger partial charge on any atom is -0.462 e. The van der Waals surface area contributed by atoms with Gasteiger partial charge in [-0.2, -0.15) is 9.97 Å². The summed E-state index contributed by atoms with van der Waals surface area (Å²) in [5.74, 6) is -0.850. The van der Waals surface area contributed by atoms with E-state index in [1.165, 1.54) is 23.7 Å². The lowest BCUT2D eigenvalue weighted by atomic mass is 10.1. The van der Waals surface area contributed by atoms with Gasteiger partial charge in [-0.25, -0.2) is 13.8 Å². The molecule has 0 saturated carbocycles. The first-order chi connectivity index (χ1) is 19.3. The smallest absolute Gasteiger partial charge is 0.319 e. The first kappa shape index (κ1) is 25.5. The molecule has 2 bridgehead atoms. The van der Waals surface area contributed by atoms with Crippen molar-refractivity contribution in [3.63, 3.8) is 0 Å². The SMILES string of the molecule is CN1CCC[C@H]1COc1nc(N2CC3CCC(C2)N3)c2c(=O)n(C)c(-c3ccc(F)c4sc(N)nc34)c(F)c2n1. The van der Waals surface area contributed by atoms with Gasteiger partial charge < -0.3 is 30.2 Å². The highest BCUT2D eigenvalue weighted by atomic mass is 32.1. The van der Waals surface area contributed by atoms with Crippen LogP contribution in [0.5, 0.6) is 6.01 Å². The van der Waals surface area contributed by atoms with E-state index in [9.17, 15) is 9.18 Å². The van der Waals surface area contributed by atoms with E-state index in [2.05, 4.69) is 32.1 Å². The van der Waals surface area contributed by atoms with Crippen molar-refractivity contribution in [2.45, 2.75) is 43.8 Å². The number of hydrogen-bond acceptors (Lipinski definition) is 10. The summed E-state index contributed by atoms with van der Waals surface area (Å²) in [6.07, 6.45) is 4.15. The van der Waals surface area contributed by atoms with Crippen LogP contribution in [0.1, 0.15) is 25.7 Å². The second-order valence-electron chi connectivity index (χ2n) is 11.0. The molecule has 7 rings (SSSR count). The van der Waals surface area contributed by atoms with Crippen LogP contribution in [-0.4, -0.2) is 75.8 Å². The molecule has 13 heteroatoms. The molecule has 0 amide bonds. The predicted molar refractivity (Wildman–Crippen MR) is 151 cm³/mol. The van der Waals surface area contributed by atoms with Crippen molar-refractivity contribution in [2.24, 2.45) is 7.05 Å². The molecule has 0 radical (unpaired) electrons. The van der Waals surface area contributed by atoms with Gasteiger partial charge in [0.25, 0.3) is 5.56 Å². The average molecular weight is 569 g/mol. The number of hydrogen-bond donors (Lipinski definition) is 2. The molecule has 3 atom stereocenters. The monoisotopic (exact) mass is 568 g/mol. The van der Waals surface area contributed by atoms with E-state index in [1.807, 2.05) is 0 Å². The highest BCUT2D eigenvalue weighted by molar-refractivity contribution is 7.22. The van der Waals surface area contributed by atoms with Crippen LogP contribution in [-0.2, 0) is 7.05 Å². The van der Waals surface area contributed by atoms with Crippen molar-refractivity contribution in [2.75, 3.05) is 43.9 Å². The molecule has 2 unspecified atom stereocenters. The number of likely N-dealkylation sites (tertiary alicyclic amines) is 1. The van der Waals surface area contributed by atoms with E-state index in [4.69, 9.17) is 15.5 Å². The molecule has 1 aromatic carbocycles. The number of piperazine rings is 1. The number of nitrogen functional groups attached to an aromatic ring is 1. The van der Waals surface area contributed by atoms with Crippen LogP contribution < -0.4 is 26.2 Å². The number of nitrogens with two attached hydrogens (primary N) is 1. The number of nitrogens with zero attached hydrogens (tertiary/aromatic N) is 6. The van der Waals surface area contributed by atoms with Gasteiger partial charge in [-0.05, 0) is 51.4 Å². The van der Waals surface area contributed by atoms with Crippen LogP contribution in [0.4, 0.5) is 19.7 Å². The third-order valence-corrected chi connectivity index (χ3v) is 9.39. The number of aromatic nitrogens is 4. The first-order valence-electron chi connectivity index (χ1n) is 13.6. The summed E-state index contributed by atoms with van der Waals surface area (Å²) < 4.78 is 38.7. The van der Waals surface area contributed by atoms with Crippen LogP contribution in [0.2, 0.25) is 0 Å². The maximum absolute atomic E-state index is 16.6. The van der Waals surface area contributed by atoms with E-state index in [0.29, 0.717) is 25.5 Å². The molecule has 0 aliphatic carbocycles. The maximum atomic E-state index is 16.6. The van der Waals surface area contributed by atoms with Gasteiger partial charge in [0, 0.05) is 43.8 Å². The second kappa shape index (κ2) is 9.60. The molecule has 3 fully saturated rings. The second-order valence-corrected chi connectivity index (χ2v) is 12.1. The Bertz CT molecular complexity index is 1700. The van der Waals surface area contributed by atoms with Gasteiger partial charge in [-0.15, -0.1) is 0 Å². The minimum absolute atomic E-state index is 0.0361. The molecule has 3 aliphatic rings. The Morgan fingerprint density at radius 2 is 1.88 bits per heavy atom. The predicted octanol–water partition coefficient (Wildman–Crippen LogP) is 2.88. The topological polar surface area (TPSA) is 114 Å². The highest BCUT2D eigenvalue weighted by Gasteiger charge is 2.35. The van der Waals surface area contributed by atoms with Crippen LogP contribution in [0, 0.1) is 11.6 Å². The van der Waals surface area contributed by atoms with Crippen molar-refractivity contribution >= 4 is 43.4 Å². The van der Waals surface area contributed by atoms with Crippen LogP contribution in [0.15, 0.2) is 16.9 Å². The van der Waals surface area contributed by atoms with Gasteiger partial charge in [0.2, 0.25) is 0 Å². The Morgan fingerprint density at radius 1 is 1.10 bits per heavy atom. The minimum atomic E-state index is -0.721. The third-order valence-electron chi connectivity index (χ3n) is 8.50. The van der Waals surface area contributed by atoms with Gasteiger partial charge in [-0.1, -0.05) is 11.3 Å². The van der Waals surface area contributed by atoms with Crippen LogP contribution in [0.3, 0.4) is 0 Å². The third kappa shape index (κ3) is 4.10. The quantitative estimate of drug-likeness (QED) is 0.375. The van der Waals surface area contributed by atoms with Gasteiger partial charge in [0.15, 0.2) is 10.9 Å². The molecule has 3 N–H and O–H groups in total. The van der Waals surface area contributed by atoms with E-state index >= 15 is 4.39 Å². The van der Waals surface area contributed by atoms with Crippen molar-refractivity contribution in [3.05, 3.63) is 34.1 Å². The summed E-state index contributed by atoms with van der Waals surface area (Å²) in [5.41, 5.74) is 5.72. The number of ether oxygens (including phenoxy) is 1. The van der Waals surface area contributed by atoms with Gasteiger partial charge in [0.1, 0.15) is 29.1 Å². The van der Waals surface area contributed by atoms with E-state index in [1.54, 1.807) is 0 Å². The van der Waals surface area contributed by atoms with Crippen LogP contribution >= 0.6 is 11.3 Å². The number of benzene rings is 1. The average Bonchev–Trinajstić information content (AvgIpc) is 3.64. The molecule has 3 saturated heterocycles. The first-order valence-corrected chi connectivity index (χ1v) is 14.4. The van der Waals surface area contributed by atoms with E-state index < -0.39 is 17.2 Å². The molecule has 4 aromatic rings. The number of rotatable bonds is 5. The number of halogens is 2.